The number of nitrogens with zero attached hydrogens (tertiary/aromatic N) is 5. The van der Waals surface area contributed by atoms with Crippen LogP contribution in [0.5, 0.6) is 0 Å². The second-order valence-corrected chi connectivity index (χ2v) is 5.85. The minimum atomic E-state index is -0.113. The number of H-pyrrole nitrogens is 1. The predicted molar refractivity (Wildman–Crippen MR) is 85.7 cm³/mol. The van der Waals surface area contributed by atoms with E-state index in [0.717, 1.165) is 18.5 Å². The number of fused-ring (bicyclic) bond motifs is 1. The van der Waals surface area contributed by atoms with E-state index in [1.807, 2.05) is 0 Å². The number of carbonyl (C=O) groups excluding carboxylic acids is 1. The topological polar surface area (TPSA) is 96.3 Å². The minimum Gasteiger partial charge on any atom is -0.337 e. The van der Waals surface area contributed by atoms with Crippen LogP contribution in [0.15, 0.2) is 41.5 Å². The van der Waals surface area contributed by atoms with E-state index in [0.29, 0.717) is 24.4 Å². The van der Waals surface area contributed by atoms with E-state index in [1.54, 1.807) is 41.6 Å². The van der Waals surface area contributed by atoms with E-state index in [4.69, 9.17) is 0 Å². The summed E-state index contributed by atoms with van der Waals surface area (Å²) in [7, 11) is 0. The molecule has 1 aliphatic rings. The van der Waals surface area contributed by atoms with Crippen LogP contribution in [0.25, 0.3) is 5.65 Å². The Morgan fingerprint density at radius 3 is 2.83 bits per heavy atom. The number of amides is 1. The monoisotopic (exact) mass is 324 g/mol. The predicted octanol–water partition coefficient (Wildman–Crippen LogP) is 0.832. The summed E-state index contributed by atoms with van der Waals surface area (Å²) >= 11 is 0. The quantitative estimate of drug-likeness (QED) is 0.753. The second-order valence-electron chi connectivity index (χ2n) is 5.85. The Kier molecular flexibility index (Phi) is 3.56. The molecule has 1 N–H and O–H groups in total. The van der Waals surface area contributed by atoms with Gasteiger partial charge >= 0.3 is 0 Å². The van der Waals surface area contributed by atoms with Crippen LogP contribution in [0.4, 0.5) is 0 Å². The molecule has 24 heavy (non-hydrogen) atoms. The third-order valence-corrected chi connectivity index (χ3v) is 4.39. The highest BCUT2D eigenvalue weighted by molar-refractivity contribution is 5.92. The Labute approximate surface area is 137 Å². The van der Waals surface area contributed by atoms with Gasteiger partial charge in [0.1, 0.15) is 0 Å². The van der Waals surface area contributed by atoms with Crippen molar-refractivity contribution in [3.8, 4) is 0 Å². The van der Waals surface area contributed by atoms with E-state index >= 15 is 0 Å². The molecular formula is C16H16N6O2. The third-order valence-electron chi connectivity index (χ3n) is 4.39. The molecule has 0 bridgehead atoms. The van der Waals surface area contributed by atoms with Crippen LogP contribution in [-0.4, -0.2) is 48.7 Å². The summed E-state index contributed by atoms with van der Waals surface area (Å²) in [6, 6.07) is 6.73. The van der Waals surface area contributed by atoms with Gasteiger partial charge in [0.15, 0.2) is 11.3 Å². The van der Waals surface area contributed by atoms with Crippen LogP contribution in [-0.2, 0) is 0 Å². The van der Waals surface area contributed by atoms with Crippen molar-refractivity contribution in [3.63, 3.8) is 0 Å². The molecule has 0 spiro atoms. The van der Waals surface area contributed by atoms with Crippen molar-refractivity contribution < 1.29 is 4.79 Å². The van der Waals surface area contributed by atoms with E-state index in [9.17, 15) is 9.59 Å². The van der Waals surface area contributed by atoms with Gasteiger partial charge in [-0.3, -0.25) is 14.7 Å². The first-order chi connectivity index (χ1) is 11.7. The lowest BCUT2D eigenvalue weighted by atomic mass is 9.93. The first-order valence-electron chi connectivity index (χ1n) is 7.86. The van der Waals surface area contributed by atoms with Crippen molar-refractivity contribution in [2.75, 3.05) is 13.1 Å². The van der Waals surface area contributed by atoms with Crippen molar-refractivity contribution in [1.29, 1.82) is 0 Å². The van der Waals surface area contributed by atoms with Gasteiger partial charge in [0, 0.05) is 43.5 Å². The molecule has 0 saturated carbocycles. The fraction of sp³-hybridized carbons (Fsp3) is 0.312. The first kappa shape index (κ1) is 14.6. The summed E-state index contributed by atoms with van der Waals surface area (Å²) in [6.45, 7) is 1.24. The lowest BCUT2D eigenvalue weighted by molar-refractivity contribution is 0.0705. The number of piperidine rings is 1. The lowest BCUT2D eigenvalue weighted by Gasteiger charge is -2.31. The van der Waals surface area contributed by atoms with Crippen LogP contribution in [0.1, 0.15) is 34.9 Å². The smallest absolute Gasteiger partial charge is 0.274 e. The maximum absolute atomic E-state index is 12.4. The van der Waals surface area contributed by atoms with Crippen LogP contribution in [0.2, 0.25) is 0 Å². The lowest BCUT2D eigenvalue weighted by Crippen LogP contribution is -2.38. The number of hydrogen-bond donors (Lipinski definition) is 1. The minimum absolute atomic E-state index is 0.101. The summed E-state index contributed by atoms with van der Waals surface area (Å²) in [5.41, 5.74) is 1.67. The highest BCUT2D eigenvalue weighted by atomic mass is 16.2. The van der Waals surface area contributed by atoms with E-state index in [2.05, 4.69) is 20.3 Å². The Morgan fingerprint density at radius 2 is 2.08 bits per heavy atom. The molecule has 3 aromatic rings. The molecule has 1 fully saturated rings. The van der Waals surface area contributed by atoms with Gasteiger partial charge < -0.3 is 4.90 Å². The molecular weight excluding hydrogens is 308 g/mol. The molecule has 0 aromatic carbocycles. The largest absolute Gasteiger partial charge is 0.337 e. The molecule has 8 heteroatoms. The van der Waals surface area contributed by atoms with Crippen LogP contribution in [0, 0.1) is 0 Å². The Balaban J connectivity index is 1.49. The van der Waals surface area contributed by atoms with Crippen molar-refractivity contribution in [2.45, 2.75) is 18.8 Å². The van der Waals surface area contributed by atoms with Crippen molar-refractivity contribution in [1.82, 2.24) is 29.7 Å². The molecule has 4 rings (SSSR count). The van der Waals surface area contributed by atoms with Gasteiger partial charge in [-0.15, -0.1) is 5.10 Å². The summed E-state index contributed by atoms with van der Waals surface area (Å²) in [4.78, 5) is 30.8. The van der Waals surface area contributed by atoms with Crippen molar-refractivity contribution >= 4 is 11.6 Å². The summed E-state index contributed by atoms with van der Waals surface area (Å²) < 4.78 is 1.41. The average Bonchev–Trinajstić information content (AvgIpc) is 3.11. The van der Waals surface area contributed by atoms with Gasteiger partial charge in [-0.2, -0.15) is 5.10 Å². The maximum Gasteiger partial charge on any atom is 0.274 e. The van der Waals surface area contributed by atoms with Crippen LogP contribution >= 0.6 is 0 Å². The SMILES string of the molecule is O=C(c1cccnn1)N1CCC(c2cc(=O)n3[nH]ccc3n2)CC1. The maximum atomic E-state index is 12.4. The average molecular weight is 324 g/mol. The molecule has 1 amide bonds. The molecule has 122 valence electrons. The summed E-state index contributed by atoms with van der Waals surface area (Å²) in [5, 5.41) is 10.5. The number of nitrogens with one attached hydrogen (secondary N) is 1. The van der Waals surface area contributed by atoms with Gasteiger partial charge in [0.2, 0.25) is 0 Å². The van der Waals surface area contributed by atoms with Crippen LogP contribution in [0.3, 0.4) is 0 Å². The summed E-state index contributed by atoms with van der Waals surface area (Å²) in [6.07, 6.45) is 4.79. The normalized spacial score (nSPS) is 15.8. The number of carbonyl (C=O) groups is 1. The van der Waals surface area contributed by atoms with E-state index in [-0.39, 0.29) is 17.4 Å². The Morgan fingerprint density at radius 1 is 1.25 bits per heavy atom. The Hall–Kier alpha value is -3.03. The number of aromatic amines is 1. The number of hydrogen-bond acceptors (Lipinski definition) is 5. The molecule has 0 unspecified atom stereocenters. The van der Waals surface area contributed by atoms with E-state index < -0.39 is 0 Å². The van der Waals surface area contributed by atoms with Gasteiger partial charge in [0.05, 0.1) is 5.69 Å². The molecule has 0 aliphatic carbocycles. The summed E-state index contributed by atoms with van der Waals surface area (Å²) in [5.74, 6) is 0.0826. The zero-order chi connectivity index (χ0) is 16.5. The first-order valence-corrected chi connectivity index (χ1v) is 7.86. The molecule has 4 heterocycles. The van der Waals surface area contributed by atoms with Gasteiger partial charge in [0.25, 0.3) is 11.5 Å². The second kappa shape index (κ2) is 5.88. The van der Waals surface area contributed by atoms with E-state index in [1.165, 1.54) is 4.52 Å². The Bertz CT molecular complexity index is 924. The molecule has 8 nitrogen and oxygen atoms in total. The molecule has 1 aliphatic heterocycles. The van der Waals surface area contributed by atoms with Gasteiger partial charge in [-0.05, 0) is 25.0 Å². The number of rotatable bonds is 2. The standard InChI is InChI=1S/C16H16N6O2/c23-15-10-13(19-14-3-7-18-22(14)15)11-4-8-21(9-5-11)16(24)12-2-1-6-17-20-12/h1-3,6-7,10-11,18H,4-5,8-9H2. The highest BCUT2D eigenvalue weighted by Gasteiger charge is 2.26. The number of likely N-dealkylation sites (tertiary alicyclic amines) is 1. The van der Waals surface area contributed by atoms with Crippen molar-refractivity contribution in [2.24, 2.45) is 0 Å². The molecule has 0 atom stereocenters. The fourth-order valence-corrected chi connectivity index (χ4v) is 3.11. The van der Waals surface area contributed by atoms with Gasteiger partial charge in [-0.25, -0.2) is 9.50 Å². The number of aromatic nitrogens is 5. The van der Waals surface area contributed by atoms with Crippen molar-refractivity contribution in [3.05, 3.63) is 58.4 Å². The zero-order valence-corrected chi connectivity index (χ0v) is 12.9. The fourth-order valence-electron chi connectivity index (χ4n) is 3.11. The molecule has 0 radical (unpaired) electrons. The van der Waals surface area contributed by atoms with Crippen LogP contribution < -0.4 is 5.56 Å². The third kappa shape index (κ3) is 2.55. The molecule has 3 aromatic heterocycles. The molecule has 1 saturated heterocycles. The highest BCUT2D eigenvalue weighted by Crippen LogP contribution is 2.26. The van der Waals surface area contributed by atoms with Gasteiger partial charge in [-0.1, -0.05) is 0 Å². The zero-order valence-electron chi connectivity index (χ0n) is 12.9.